The molecule has 1 aliphatic rings. The van der Waals surface area contributed by atoms with Crippen molar-refractivity contribution in [1.29, 1.82) is 0 Å². The van der Waals surface area contributed by atoms with Crippen LogP contribution in [0.5, 0.6) is 5.75 Å². The normalized spacial score (nSPS) is 15.5. The molecule has 33 heavy (non-hydrogen) atoms. The van der Waals surface area contributed by atoms with Crippen molar-refractivity contribution in [3.05, 3.63) is 101 Å². The Hall–Kier alpha value is -4.06. The first-order valence-electron chi connectivity index (χ1n) is 10.8. The Balaban J connectivity index is 1.70. The van der Waals surface area contributed by atoms with Crippen LogP contribution in [0.15, 0.2) is 90.1 Å². The summed E-state index contributed by atoms with van der Waals surface area (Å²) in [5.41, 5.74) is 4.40. The van der Waals surface area contributed by atoms with Gasteiger partial charge in [-0.2, -0.15) is 0 Å². The van der Waals surface area contributed by atoms with Gasteiger partial charge in [-0.25, -0.2) is 4.79 Å². The Kier molecular flexibility index (Phi) is 6.45. The predicted molar refractivity (Wildman–Crippen MR) is 128 cm³/mol. The van der Waals surface area contributed by atoms with Crippen LogP contribution in [-0.2, 0) is 9.53 Å². The van der Waals surface area contributed by atoms with Gasteiger partial charge in [0.1, 0.15) is 11.4 Å². The second-order valence-corrected chi connectivity index (χ2v) is 7.67. The average Bonchev–Trinajstić information content (AvgIpc) is 3.10. The molecule has 6 heteroatoms. The SMILES string of the molecule is CCOC(=O)c1ccc(N2C(=O)C(Nc3ccc(OC)cc3)=C(C)C2c2ccccc2)cc1. The lowest BCUT2D eigenvalue weighted by atomic mass is 10.00. The van der Waals surface area contributed by atoms with Crippen LogP contribution in [-0.4, -0.2) is 25.6 Å². The summed E-state index contributed by atoms with van der Waals surface area (Å²) in [7, 11) is 1.62. The smallest absolute Gasteiger partial charge is 0.338 e. The number of nitrogens with zero attached hydrogens (tertiary/aromatic N) is 1. The third-order valence-corrected chi connectivity index (χ3v) is 5.63. The summed E-state index contributed by atoms with van der Waals surface area (Å²) in [6.45, 7) is 4.05. The number of methoxy groups -OCH3 is 1. The Labute approximate surface area is 193 Å². The van der Waals surface area contributed by atoms with E-state index in [0.717, 1.165) is 22.6 Å². The maximum atomic E-state index is 13.6. The molecule has 1 amide bonds. The van der Waals surface area contributed by atoms with Gasteiger partial charge in [0.15, 0.2) is 0 Å². The molecule has 1 atom stereocenters. The van der Waals surface area contributed by atoms with Gasteiger partial charge in [-0.15, -0.1) is 0 Å². The van der Waals surface area contributed by atoms with Crippen LogP contribution in [0, 0.1) is 0 Å². The first-order chi connectivity index (χ1) is 16.0. The zero-order valence-electron chi connectivity index (χ0n) is 18.9. The van der Waals surface area contributed by atoms with Crippen LogP contribution in [0.25, 0.3) is 0 Å². The van der Waals surface area contributed by atoms with Crippen molar-refractivity contribution in [1.82, 2.24) is 0 Å². The molecule has 0 fully saturated rings. The first kappa shape index (κ1) is 22.1. The number of nitrogens with one attached hydrogen (secondary N) is 1. The van der Waals surface area contributed by atoms with Crippen molar-refractivity contribution >= 4 is 23.3 Å². The van der Waals surface area contributed by atoms with Crippen LogP contribution >= 0.6 is 0 Å². The molecule has 0 aromatic heterocycles. The molecule has 0 saturated carbocycles. The van der Waals surface area contributed by atoms with E-state index < -0.39 is 0 Å². The number of hydrogen-bond acceptors (Lipinski definition) is 5. The topological polar surface area (TPSA) is 67.9 Å². The lowest BCUT2D eigenvalue weighted by Crippen LogP contribution is -2.31. The second-order valence-electron chi connectivity index (χ2n) is 7.67. The maximum absolute atomic E-state index is 13.6. The average molecular weight is 443 g/mol. The molecular formula is C27H26N2O4. The molecular weight excluding hydrogens is 416 g/mol. The predicted octanol–water partition coefficient (Wildman–Crippen LogP) is 5.35. The zero-order valence-corrected chi connectivity index (χ0v) is 18.9. The van der Waals surface area contributed by atoms with Crippen molar-refractivity contribution in [2.24, 2.45) is 0 Å². The van der Waals surface area contributed by atoms with Gasteiger partial charge < -0.3 is 14.8 Å². The molecule has 1 unspecified atom stereocenters. The quantitative estimate of drug-likeness (QED) is 0.500. The van der Waals surface area contributed by atoms with Crippen molar-refractivity contribution in [2.75, 3.05) is 23.9 Å². The van der Waals surface area contributed by atoms with Gasteiger partial charge >= 0.3 is 5.97 Å². The van der Waals surface area contributed by atoms with Crippen LogP contribution in [0.4, 0.5) is 11.4 Å². The van der Waals surface area contributed by atoms with Crippen molar-refractivity contribution in [3.8, 4) is 5.75 Å². The van der Waals surface area contributed by atoms with Crippen LogP contribution in [0.2, 0.25) is 0 Å². The monoisotopic (exact) mass is 442 g/mol. The number of carbonyl (C=O) groups is 2. The minimum Gasteiger partial charge on any atom is -0.497 e. The first-order valence-corrected chi connectivity index (χ1v) is 10.8. The number of carbonyl (C=O) groups excluding carboxylic acids is 2. The highest BCUT2D eigenvalue weighted by molar-refractivity contribution is 6.12. The summed E-state index contributed by atoms with van der Waals surface area (Å²) in [4.78, 5) is 27.4. The van der Waals surface area contributed by atoms with E-state index in [-0.39, 0.29) is 17.9 Å². The molecule has 0 radical (unpaired) electrons. The second kappa shape index (κ2) is 9.61. The van der Waals surface area contributed by atoms with Gasteiger partial charge in [0.05, 0.1) is 25.3 Å². The molecule has 1 aliphatic heterocycles. The third kappa shape index (κ3) is 4.46. The van der Waals surface area contributed by atoms with E-state index in [0.29, 0.717) is 23.6 Å². The third-order valence-electron chi connectivity index (χ3n) is 5.63. The Morgan fingerprint density at radius 3 is 2.24 bits per heavy atom. The number of hydrogen-bond donors (Lipinski definition) is 1. The lowest BCUT2D eigenvalue weighted by molar-refractivity contribution is -0.114. The standard InChI is InChI=1S/C27H26N2O4/c1-4-33-27(31)20-10-14-22(15-11-20)29-25(19-8-6-5-7-9-19)18(2)24(26(29)30)28-21-12-16-23(32-3)17-13-21/h5-17,25,28H,4H2,1-3H3. The van der Waals surface area contributed by atoms with Gasteiger partial charge in [0.2, 0.25) is 0 Å². The van der Waals surface area contributed by atoms with E-state index >= 15 is 0 Å². The lowest BCUT2D eigenvalue weighted by Gasteiger charge is -2.27. The maximum Gasteiger partial charge on any atom is 0.338 e. The summed E-state index contributed by atoms with van der Waals surface area (Å²) < 4.78 is 10.3. The molecule has 3 aromatic carbocycles. The number of benzene rings is 3. The number of ether oxygens (including phenoxy) is 2. The molecule has 3 aromatic rings. The molecule has 168 valence electrons. The van der Waals surface area contributed by atoms with E-state index in [1.54, 1.807) is 43.2 Å². The molecule has 6 nitrogen and oxygen atoms in total. The molecule has 1 heterocycles. The van der Waals surface area contributed by atoms with E-state index in [9.17, 15) is 9.59 Å². The van der Waals surface area contributed by atoms with Gasteiger partial charge in [0, 0.05) is 11.4 Å². The minimum atomic E-state index is -0.382. The summed E-state index contributed by atoms with van der Waals surface area (Å²) in [5, 5.41) is 3.30. The fourth-order valence-corrected chi connectivity index (χ4v) is 3.98. The van der Waals surface area contributed by atoms with Crippen molar-refractivity contribution in [2.45, 2.75) is 19.9 Å². The Bertz CT molecular complexity index is 1170. The summed E-state index contributed by atoms with van der Waals surface area (Å²) in [5.74, 6) is 0.225. The number of rotatable bonds is 7. The van der Waals surface area contributed by atoms with Crippen molar-refractivity contribution < 1.29 is 19.1 Å². The molecule has 0 bridgehead atoms. The summed E-state index contributed by atoms with van der Waals surface area (Å²) >= 11 is 0. The molecule has 0 aliphatic carbocycles. The largest absolute Gasteiger partial charge is 0.497 e. The molecule has 0 spiro atoms. The zero-order chi connectivity index (χ0) is 23.4. The van der Waals surface area contributed by atoms with Gasteiger partial charge in [-0.05, 0) is 73.5 Å². The van der Waals surface area contributed by atoms with E-state index in [1.165, 1.54) is 0 Å². The van der Waals surface area contributed by atoms with Crippen LogP contribution < -0.4 is 15.0 Å². The fourth-order valence-electron chi connectivity index (χ4n) is 3.98. The molecule has 1 N–H and O–H groups in total. The number of anilines is 2. The fraction of sp³-hybridized carbons (Fsp3) is 0.185. The van der Waals surface area contributed by atoms with Gasteiger partial charge in [0.25, 0.3) is 5.91 Å². The minimum absolute atomic E-state index is 0.138. The Morgan fingerprint density at radius 1 is 0.970 bits per heavy atom. The molecule has 4 rings (SSSR count). The summed E-state index contributed by atoms with van der Waals surface area (Å²) in [6, 6.07) is 24.0. The summed E-state index contributed by atoms with van der Waals surface area (Å²) in [6.07, 6.45) is 0. The number of amides is 1. The Morgan fingerprint density at radius 2 is 1.64 bits per heavy atom. The van der Waals surface area contributed by atoms with E-state index in [2.05, 4.69) is 5.32 Å². The number of esters is 1. The van der Waals surface area contributed by atoms with Gasteiger partial charge in [-0.3, -0.25) is 9.69 Å². The highest BCUT2D eigenvalue weighted by atomic mass is 16.5. The van der Waals surface area contributed by atoms with Crippen molar-refractivity contribution in [3.63, 3.8) is 0 Å². The van der Waals surface area contributed by atoms with E-state index in [1.807, 2.05) is 61.5 Å². The van der Waals surface area contributed by atoms with E-state index in [4.69, 9.17) is 9.47 Å². The highest BCUT2D eigenvalue weighted by Crippen LogP contribution is 2.41. The molecule has 0 saturated heterocycles. The highest BCUT2D eigenvalue weighted by Gasteiger charge is 2.39. The van der Waals surface area contributed by atoms with Gasteiger partial charge in [-0.1, -0.05) is 30.3 Å². The van der Waals surface area contributed by atoms with Crippen LogP contribution in [0.3, 0.4) is 0 Å². The van der Waals surface area contributed by atoms with Crippen LogP contribution in [0.1, 0.15) is 35.8 Å².